The average Bonchev–Trinajstić information content (AvgIpc) is 2.86. The number of phenols is 2. The van der Waals surface area contributed by atoms with Gasteiger partial charge in [0.1, 0.15) is 24.7 Å². The number of hydrogen-bond acceptors (Lipinski definition) is 8. The van der Waals surface area contributed by atoms with Crippen molar-refractivity contribution in [3.63, 3.8) is 0 Å². The molecule has 0 aliphatic carbocycles. The molecule has 0 fully saturated rings. The minimum atomic E-state index is -0.285. The maximum absolute atomic E-state index is 12.1. The van der Waals surface area contributed by atoms with E-state index in [4.69, 9.17) is 18.9 Å². The van der Waals surface area contributed by atoms with Crippen LogP contribution in [0, 0.1) is 6.92 Å². The second kappa shape index (κ2) is 16.0. The van der Waals surface area contributed by atoms with Crippen LogP contribution in [-0.4, -0.2) is 61.8 Å². The number of ether oxygens (including phenoxy) is 4. The van der Waals surface area contributed by atoms with Crippen molar-refractivity contribution in [2.24, 2.45) is 0 Å². The van der Waals surface area contributed by atoms with Crippen molar-refractivity contribution < 1.29 is 38.7 Å². The summed E-state index contributed by atoms with van der Waals surface area (Å²) < 4.78 is 21.3. The smallest absolute Gasteiger partial charge is 0.306 e. The second-order valence-electron chi connectivity index (χ2n) is 10.2. The van der Waals surface area contributed by atoms with E-state index in [2.05, 4.69) is 0 Å². The monoisotopic (exact) mass is 530 g/mol. The summed E-state index contributed by atoms with van der Waals surface area (Å²) >= 11 is 0. The van der Waals surface area contributed by atoms with E-state index in [9.17, 15) is 19.8 Å². The van der Waals surface area contributed by atoms with Crippen LogP contribution in [0.5, 0.6) is 11.5 Å². The van der Waals surface area contributed by atoms with E-state index in [-0.39, 0.29) is 49.2 Å². The molecule has 0 saturated heterocycles. The van der Waals surface area contributed by atoms with E-state index in [1.807, 2.05) is 39.8 Å². The Hall–Kier alpha value is -3.10. The van der Waals surface area contributed by atoms with Gasteiger partial charge in [0.05, 0.1) is 13.2 Å². The number of aryl methyl sites for hydroxylation is 3. The summed E-state index contributed by atoms with van der Waals surface area (Å²) in [5.74, 6) is -0.0525. The number of rotatable bonds is 16. The lowest BCUT2D eigenvalue weighted by molar-refractivity contribution is -0.145. The van der Waals surface area contributed by atoms with Crippen molar-refractivity contribution in [2.45, 2.75) is 65.2 Å². The quantitative estimate of drug-likeness (QED) is 0.236. The zero-order valence-corrected chi connectivity index (χ0v) is 23.1. The van der Waals surface area contributed by atoms with Gasteiger partial charge in [0.25, 0.3) is 0 Å². The first kappa shape index (κ1) is 31.1. The highest BCUT2D eigenvalue weighted by Crippen LogP contribution is 2.34. The van der Waals surface area contributed by atoms with Crippen LogP contribution < -0.4 is 0 Å². The van der Waals surface area contributed by atoms with Crippen LogP contribution >= 0.6 is 0 Å². The predicted octanol–water partition coefficient (Wildman–Crippen LogP) is 4.78. The van der Waals surface area contributed by atoms with Crippen molar-refractivity contribution in [1.29, 1.82) is 0 Å². The molecule has 8 nitrogen and oxygen atoms in total. The van der Waals surface area contributed by atoms with Gasteiger partial charge in [-0.25, -0.2) is 0 Å². The van der Waals surface area contributed by atoms with E-state index in [1.54, 1.807) is 24.3 Å². The summed E-state index contributed by atoms with van der Waals surface area (Å²) in [6.45, 7) is 10.0. The molecule has 8 heteroatoms. The zero-order valence-electron chi connectivity index (χ0n) is 23.1. The van der Waals surface area contributed by atoms with Gasteiger partial charge < -0.3 is 29.2 Å². The summed E-state index contributed by atoms with van der Waals surface area (Å²) in [6, 6.07) is 10.6. The molecule has 2 rings (SSSR count). The van der Waals surface area contributed by atoms with Crippen molar-refractivity contribution >= 4 is 11.9 Å². The Kier molecular flexibility index (Phi) is 13.1. The fraction of sp³-hybridized carbons (Fsp3) is 0.533. The molecule has 0 saturated carbocycles. The van der Waals surface area contributed by atoms with E-state index in [0.717, 1.165) is 22.3 Å². The van der Waals surface area contributed by atoms with Gasteiger partial charge in [-0.2, -0.15) is 0 Å². The first-order chi connectivity index (χ1) is 18.1. The molecule has 0 spiro atoms. The fourth-order valence-corrected chi connectivity index (χ4v) is 3.77. The van der Waals surface area contributed by atoms with Gasteiger partial charge in [0, 0.05) is 26.1 Å². The number of carbonyl (C=O) groups is 2. The first-order valence-electron chi connectivity index (χ1n) is 13.1. The minimum absolute atomic E-state index is 0.184. The maximum Gasteiger partial charge on any atom is 0.306 e. The Balaban J connectivity index is 1.44. The lowest BCUT2D eigenvalue weighted by atomic mass is 9.83. The normalized spacial score (nSPS) is 11.4. The topological polar surface area (TPSA) is 112 Å². The number of aromatic hydroxyl groups is 2. The van der Waals surface area contributed by atoms with Crippen LogP contribution in [0.15, 0.2) is 36.4 Å². The Morgan fingerprint density at radius 3 is 1.79 bits per heavy atom. The standard InChI is InChI=1S/C30H42O8/c1-22-20-24(21-26(29(22)34)30(2,3)4)9-13-28(33)38-19-17-36-15-5-14-35-16-18-37-27(32)12-8-23-6-10-25(31)11-7-23/h6-7,10-11,20-21,31,34H,5,8-9,12-19H2,1-4H3. The van der Waals surface area contributed by atoms with Gasteiger partial charge >= 0.3 is 11.9 Å². The van der Waals surface area contributed by atoms with Crippen LogP contribution in [0.2, 0.25) is 0 Å². The number of phenolic OH excluding ortho intramolecular Hbond substituents is 2. The Morgan fingerprint density at radius 2 is 1.26 bits per heavy atom. The van der Waals surface area contributed by atoms with Crippen LogP contribution in [-0.2, 0) is 46.8 Å². The van der Waals surface area contributed by atoms with Gasteiger partial charge in [-0.3, -0.25) is 9.59 Å². The molecule has 38 heavy (non-hydrogen) atoms. The van der Waals surface area contributed by atoms with Crippen LogP contribution in [0.4, 0.5) is 0 Å². The minimum Gasteiger partial charge on any atom is -0.508 e. The molecule has 2 aromatic rings. The molecule has 0 atom stereocenters. The molecule has 0 aromatic heterocycles. The van der Waals surface area contributed by atoms with Crippen LogP contribution in [0.1, 0.15) is 62.3 Å². The van der Waals surface area contributed by atoms with E-state index in [1.165, 1.54) is 0 Å². The molecule has 2 aromatic carbocycles. The van der Waals surface area contributed by atoms with Gasteiger partial charge in [-0.15, -0.1) is 0 Å². The highest BCUT2D eigenvalue weighted by atomic mass is 16.6. The van der Waals surface area contributed by atoms with Gasteiger partial charge in [0.15, 0.2) is 0 Å². The third kappa shape index (κ3) is 12.0. The van der Waals surface area contributed by atoms with Crippen molar-refractivity contribution in [3.8, 4) is 11.5 Å². The highest BCUT2D eigenvalue weighted by Gasteiger charge is 2.20. The molecule has 0 aliphatic heterocycles. The van der Waals surface area contributed by atoms with E-state index < -0.39 is 0 Å². The number of esters is 2. The summed E-state index contributed by atoms with van der Waals surface area (Å²) in [5.41, 5.74) is 3.46. The van der Waals surface area contributed by atoms with Crippen molar-refractivity contribution in [3.05, 3.63) is 58.7 Å². The molecular weight excluding hydrogens is 488 g/mol. The summed E-state index contributed by atoms with van der Waals surface area (Å²) in [6.07, 6.45) is 2.33. The molecule has 0 amide bonds. The molecular formula is C30H42O8. The molecule has 2 N–H and O–H groups in total. The number of benzene rings is 2. The SMILES string of the molecule is Cc1cc(CCC(=O)OCCOCCCOCCOC(=O)CCc2ccc(O)cc2)cc(C(C)(C)C)c1O. The Bertz CT molecular complexity index is 1010. The average molecular weight is 531 g/mol. The zero-order chi connectivity index (χ0) is 28.0. The molecule has 210 valence electrons. The van der Waals surface area contributed by atoms with Gasteiger partial charge in [-0.05, 0) is 66.0 Å². The predicted molar refractivity (Wildman–Crippen MR) is 144 cm³/mol. The number of carbonyl (C=O) groups excluding carboxylic acids is 2. The Labute approximate surface area is 225 Å². The molecule has 0 aliphatic rings. The molecule has 0 bridgehead atoms. The molecule has 0 heterocycles. The maximum atomic E-state index is 12.1. The van der Waals surface area contributed by atoms with Crippen molar-refractivity contribution in [2.75, 3.05) is 39.6 Å². The molecule has 0 unspecified atom stereocenters. The number of hydrogen-bond donors (Lipinski definition) is 2. The third-order valence-corrected chi connectivity index (χ3v) is 5.90. The Morgan fingerprint density at radius 1 is 0.737 bits per heavy atom. The van der Waals surface area contributed by atoms with E-state index >= 15 is 0 Å². The fourth-order valence-electron chi connectivity index (χ4n) is 3.77. The highest BCUT2D eigenvalue weighted by molar-refractivity contribution is 5.70. The van der Waals surface area contributed by atoms with E-state index in [0.29, 0.717) is 51.4 Å². The summed E-state index contributed by atoms with van der Waals surface area (Å²) in [5, 5.41) is 19.6. The largest absolute Gasteiger partial charge is 0.508 e. The van der Waals surface area contributed by atoms with Crippen LogP contribution in [0.3, 0.4) is 0 Å². The first-order valence-corrected chi connectivity index (χ1v) is 13.1. The lowest BCUT2D eigenvalue weighted by Crippen LogP contribution is -2.14. The summed E-state index contributed by atoms with van der Waals surface area (Å²) in [7, 11) is 0. The van der Waals surface area contributed by atoms with Crippen LogP contribution in [0.25, 0.3) is 0 Å². The molecule has 0 radical (unpaired) electrons. The lowest BCUT2D eigenvalue weighted by Gasteiger charge is -2.22. The third-order valence-electron chi connectivity index (χ3n) is 5.90. The summed E-state index contributed by atoms with van der Waals surface area (Å²) in [4.78, 5) is 23.8. The second-order valence-corrected chi connectivity index (χ2v) is 10.2. The van der Waals surface area contributed by atoms with Gasteiger partial charge in [-0.1, -0.05) is 45.0 Å². The van der Waals surface area contributed by atoms with Crippen molar-refractivity contribution in [1.82, 2.24) is 0 Å². The van der Waals surface area contributed by atoms with Gasteiger partial charge in [0.2, 0.25) is 0 Å².